The number of nitrogens with zero attached hydrogens (tertiary/aromatic N) is 3. The molecule has 0 unspecified atom stereocenters. The summed E-state index contributed by atoms with van der Waals surface area (Å²) in [7, 11) is 1.90. The first-order chi connectivity index (χ1) is 11.9. The van der Waals surface area contributed by atoms with E-state index >= 15 is 0 Å². The second-order valence-electron chi connectivity index (χ2n) is 7.41. The van der Waals surface area contributed by atoms with E-state index in [1.807, 2.05) is 23.8 Å². The summed E-state index contributed by atoms with van der Waals surface area (Å²) in [4.78, 5) is 29.7. The van der Waals surface area contributed by atoms with Crippen molar-refractivity contribution < 1.29 is 14.7 Å². The number of carboxylic acids is 1. The van der Waals surface area contributed by atoms with Crippen LogP contribution in [0.2, 0.25) is 0 Å². The summed E-state index contributed by atoms with van der Waals surface area (Å²) in [5.41, 5.74) is 0. The fourth-order valence-electron chi connectivity index (χ4n) is 3.97. The highest BCUT2D eigenvalue weighted by Gasteiger charge is 2.36. The molecular formula is C18H34N4O3. The van der Waals surface area contributed by atoms with E-state index < -0.39 is 5.97 Å². The fourth-order valence-corrected chi connectivity index (χ4v) is 3.97. The van der Waals surface area contributed by atoms with Crippen LogP contribution in [0.1, 0.15) is 46.0 Å². The van der Waals surface area contributed by atoms with E-state index in [1.54, 1.807) is 0 Å². The maximum Gasteiger partial charge on any atom is 0.317 e. The molecule has 7 heteroatoms. The van der Waals surface area contributed by atoms with Gasteiger partial charge in [0, 0.05) is 38.3 Å². The molecule has 2 rings (SSSR count). The molecule has 0 bridgehead atoms. The third-order valence-corrected chi connectivity index (χ3v) is 5.67. The highest BCUT2D eigenvalue weighted by molar-refractivity contribution is 5.74. The zero-order valence-corrected chi connectivity index (χ0v) is 15.9. The van der Waals surface area contributed by atoms with Gasteiger partial charge in [-0.1, -0.05) is 13.8 Å². The van der Waals surface area contributed by atoms with Crippen molar-refractivity contribution in [1.29, 1.82) is 0 Å². The Morgan fingerprint density at radius 3 is 2.32 bits per heavy atom. The number of likely N-dealkylation sites (tertiary alicyclic amines) is 1. The van der Waals surface area contributed by atoms with Crippen molar-refractivity contribution in [1.82, 2.24) is 20.0 Å². The Morgan fingerprint density at radius 1 is 1.16 bits per heavy atom. The zero-order chi connectivity index (χ0) is 18.4. The van der Waals surface area contributed by atoms with Gasteiger partial charge in [0.15, 0.2) is 0 Å². The molecule has 0 aromatic rings. The monoisotopic (exact) mass is 354 g/mol. The largest absolute Gasteiger partial charge is 0.480 e. The van der Waals surface area contributed by atoms with Gasteiger partial charge in [0.05, 0.1) is 6.54 Å². The van der Waals surface area contributed by atoms with Crippen molar-refractivity contribution >= 4 is 12.0 Å². The van der Waals surface area contributed by atoms with Gasteiger partial charge in [-0.15, -0.1) is 0 Å². The lowest BCUT2D eigenvalue weighted by Gasteiger charge is -2.43. The first kappa shape index (κ1) is 20.0. The van der Waals surface area contributed by atoms with Crippen molar-refractivity contribution in [3.63, 3.8) is 0 Å². The van der Waals surface area contributed by atoms with Crippen LogP contribution in [-0.2, 0) is 4.79 Å². The molecule has 0 atom stereocenters. The zero-order valence-electron chi connectivity index (χ0n) is 15.9. The maximum absolute atomic E-state index is 12.5. The SMILES string of the molecule is CCCN1CCC(N(C)C(=O)NC2CC(N(CC)CC(=O)O)C2)CC1. The summed E-state index contributed by atoms with van der Waals surface area (Å²) in [6, 6.07) is 0.777. The average Bonchev–Trinajstić information content (AvgIpc) is 2.56. The molecule has 2 amide bonds. The highest BCUT2D eigenvalue weighted by Crippen LogP contribution is 2.26. The van der Waals surface area contributed by atoms with Gasteiger partial charge < -0.3 is 20.2 Å². The number of hydrogen-bond donors (Lipinski definition) is 2. The second kappa shape index (κ2) is 9.38. The average molecular weight is 354 g/mol. The molecule has 2 aliphatic rings. The van der Waals surface area contributed by atoms with Crippen LogP contribution in [0.4, 0.5) is 4.79 Å². The number of piperidine rings is 1. The minimum Gasteiger partial charge on any atom is -0.480 e. The van der Waals surface area contributed by atoms with E-state index in [0.29, 0.717) is 6.04 Å². The van der Waals surface area contributed by atoms with Crippen LogP contribution in [0.5, 0.6) is 0 Å². The Hall–Kier alpha value is -1.34. The number of carboxylic acid groups (broad SMARTS) is 1. The van der Waals surface area contributed by atoms with Crippen molar-refractivity contribution in [2.45, 2.75) is 64.1 Å². The lowest BCUT2D eigenvalue weighted by Crippen LogP contribution is -2.58. The van der Waals surface area contributed by atoms with Gasteiger partial charge in [-0.3, -0.25) is 9.69 Å². The molecule has 2 N–H and O–H groups in total. The molecule has 1 aliphatic carbocycles. The summed E-state index contributed by atoms with van der Waals surface area (Å²) in [5, 5.41) is 12.1. The van der Waals surface area contributed by atoms with Gasteiger partial charge >= 0.3 is 12.0 Å². The predicted molar refractivity (Wildman–Crippen MR) is 97.7 cm³/mol. The number of amides is 2. The van der Waals surface area contributed by atoms with Crippen LogP contribution in [0.15, 0.2) is 0 Å². The Bertz CT molecular complexity index is 446. The van der Waals surface area contributed by atoms with E-state index in [0.717, 1.165) is 51.9 Å². The third kappa shape index (κ3) is 5.57. The van der Waals surface area contributed by atoms with E-state index in [2.05, 4.69) is 17.1 Å². The summed E-state index contributed by atoms with van der Waals surface area (Å²) in [5.74, 6) is -0.788. The minimum absolute atomic E-state index is 0.0127. The summed E-state index contributed by atoms with van der Waals surface area (Å²) >= 11 is 0. The normalized spacial score (nSPS) is 24.8. The number of nitrogens with one attached hydrogen (secondary N) is 1. The van der Waals surface area contributed by atoms with Crippen molar-refractivity contribution in [3.05, 3.63) is 0 Å². The molecule has 1 heterocycles. The Kier molecular flexibility index (Phi) is 7.50. The van der Waals surface area contributed by atoms with Crippen LogP contribution in [0, 0.1) is 0 Å². The number of carbonyl (C=O) groups is 2. The maximum atomic E-state index is 12.5. The Morgan fingerprint density at radius 2 is 1.80 bits per heavy atom. The van der Waals surface area contributed by atoms with Crippen molar-refractivity contribution in [3.8, 4) is 0 Å². The van der Waals surface area contributed by atoms with Crippen LogP contribution in [-0.4, -0.2) is 89.7 Å². The molecule has 1 aliphatic heterocycles. The summed E-state index contributed by atoms with van der Waals surface area (Å²) in [6.45, 7) is 8.29. The second-order valence-corrected chi connectivity index (χ2v) is 7.41. The van der Waals surface area contributed by atoms with Crippen LogP contribution < -0.4 is 5.32 Å². The molecule has 0 aromatic heterocycles. The number of urea groups is 1. The van der Waals surface area contributed by atoms with Crippen LogP contribution in [0.3, 0.4) is 0 Å². The lowest BCUT2D eigenvalue weighted by atomic mass is 9.85. The van der Waals surface area contributed by atoms with Crippen LogP contribution >= 0.6 is 0 Å². The topological polar surface area (TPSA) is 76.1 Å². The molecule has 7 nitrogen and oxygen atoms in total. The number of hydrogen-bond acceptors (Lipinski definition) is 4. The molecule has 0 aromatic carbocycles. The van der Waals surface area contributed by atoms with Crippen molar-refractivity contribution in [2.24, 2.45) is 0 Å². The molecule has 0 radical (unpaired) electrons. The van der Waals surface area contributed by atoms with Gasteiger partial charge in [-0.05, 0) is 45.2 Å². The van der Waals surface area contributed by atoms with E-state index in [9.17, 15) is 9.59 Å². The van der Waals surface area contributed by atoms with E-state index in [1.165, 1.54) is 6.42 Å². The lowest BCUT2D eigenvalue weighted by molar-refractivity contribution is -0.139. The van der Waals surface area contributed by atoms with E-state index in [4.69, 9.17) is 5.11 Å². The fraction of sp³-hybridized carbons (Fsp3) is 0.889. The molecular weight excluding hydrogens is 320 g/mol. The summed E-state index contributed by atoms with van der Waals surface area (Å²) < 4.78 is 0. The molecule has 1 saturated carbocycles. The first-order valence-corrected chi connectivity index (χ1v) is 9.66. The quantitative estimate of drug-likeness (QED) is 0.690. The van der Waals surface area contributed by atoms with Gasteiger partial charge in [-0.2, -0.15) is 0 Å². The van der Waals surface area contributed by atoms with Crippen molar-refractivity contribution in [2.75, 3.05) is 39.8 Å². The Balaban J connectivity index is 1.70. The number of aliphatic carboxylic acids is 1. The highest BCUT2D eigenvalue weighted by atomic mass is 16.4. The van der Waals surface area contributed by atoms with Gasteiger partial charge in [-0.25, -0.2) is 4.79 Å². The van der Waals surface area contributed by atoms with Crippen LogP contribution in [0.25, 0.3) is 0 Å². The minimum atomic E-state index is -0.788. The molecule has 2 fully saturated rings. The number of rotatable bonds is 8. The molecule has 0 spiro atoms. The van der Waals surface area contributed by atoms with Gasteiger partial charge in [0.25, 0.3) is 0 Å². The standard InChI is InChI=1S/C18H34N4O3/c1-4-8-21-9-6-15(7-10-21)20(3)18(25)19-14-11-16(12-14)22(5-2)13-17(23)24/h14-16H,4-13H2,1-3H3,(H,19,25)(H,23,24). The predicted octanol–water partition coefficient (Wildman–Crippen LogP) is 1.44. The van der Waals surface area contributed by atoms with E-state index in [-0.39, 0.29) is 24.7 Å². The third-order valence-electron chi connectivity index (χ3n) is 5.67. The summed E-state index contributed by atoms with van der Waals surface area (Å²) in [6.07, 6.45) is 4.95. The number of likely N-dealkylation sites (N-methyl/N-ethyl adjacent to an activating group) is 1. The smallest absolute Gasteiger partial charge is 0.317 e. The van der Waals surface area contributed by atoms with Gasteiger partial charge in [0.1, 0.15) is 0 Å². The molecule has 1 saturated heterocycles. The number of carbonyl (C=O) groups excluding carboxylic acids is 1. The first-order valence-electron chi connectivity index (χ1n) is 9.66. The Labute approximate surface area is 151 Å². The van der Waals surface area contributed by atoms with Gasteiger partial charge in [0.2, 0.25) is 0 Å². The molecule has 25 heavy (non-hydrogen) atoms. The molecule has 144 valence electrons.